The molecule has 8 aromatic rings. The molecule has 226 valence electrons. The Balaban J connectivity index is 1.33. The molecule has 0 bridgehead atoms. The lowest BCUT2D eigenvalue weighted by molar-refractivity contribution is 1.04. The maximum absolute atomic E-state index is 5.92. The molecule has 0 unspecified atom stereocenters. The van der Waals surface area contributed by atoms with Gasteiger partial charge in [-0.15, -0.1) is 6.42 Å². The average Bonchev–Trinajstić information content (AvgIpc) is 3.53. The Labute approximate surface area is 280 Å². The second-order valence-corrected chi connectivity index (χ2v) is 11.7. The van der Waals surface area contributed by atoms with E-state index in [4.69, 9.17) is 11.4 Å². The summed E-state index contributed by atoms with van der Waals surface area (Å²) in [5.41, 5.74) is 10.3. The van der Waals surface area contributed by atoms with E-state index in [0.717, 1.165) is 28.2 Å². The number of rotatable bonds is 6. The quantitative estimate of drug-likeness (QED) is 0.138. The molecule has 0 aliphatic heterocycles. The predicted molar refractivity (Wildman–Crippen MR) is 201 cm³/mol. The largest absolute Gasteiger partial charge is 0.290 e. The Bertz CT molecular complexity index is 2480. The van der Waals surface area contributed by atoms with Crippen LogP contribution in [-0.4, -0.2) is 14.5 Å². The lowest BCUT2D eigenvalue weighted by Crippen LogP contribution is -2.01. The zero-order valence-corrected chi connectivity index (χ0v) is 26.5. The third-order valence-corrected chi connectivity index (χ3v) is 8.88. The highest BCUT2D eigenvalue weighted by atomic mass is 15.1. The van der Waals surface area contributed by atoms with Gasteiger partial charge in [0.05, 0.1) is 5.69 Å². The minimum Gasteiger partial charge on any atom is -0.290 e. The van der Waals surface area contributed by atoms with Crippen LogP contribution in [0.1, 0.15) is 18.3 Å². The second kappa shape index (κ2) is 12.4. The standard InChI is InChI=1S/C45H31N3/c1-3-15-42-40(4-2)47-45(41-22-13-14-29-46-41)48(42)35-26-23-31(24-27-35)34-25-28-38-39(30-34)44(33-18-9-6-10-19-33)37-21-12-11-20-36(37)43(38)32-16-7-5-8-17-32/h2-3,5-30H,1H3/b15-3-. The number of pyridine rings is 1. The molecule has 0 aliphatic rings. The number of benzene rings is 6. The number of fused-ring (bicyclic) bond motifs is 2. The molecule has 2 aromatic heterocycles. The van der Waals surface area contributed by atoms with Crippen molar-refractivity contribution in [2.24, 2.45) is 0 Å². The molecule has 3 nitrogen and oxygen atoms in total. The molecule has 0 spiro atoms. The first kappa shape index (κ1) is 28.9. The highest BCUT2D eigenvalue weighted by Gasteiger charge is 2.19. The van der Waals surface area contributed by atoms with Crippen LogP contribution in [0.4, 0.5) is 0 Å². The van der Waals surface area contributed by atoms with Gasteiger partial charge in [0.15, 0.2) is 5.82 Å². The van der Waals surface area contributed by atoms with Gasteiger partial charge in [-0.05, 0) is 104 Å². The summed E-state index contributed by atoms with van der Waals surface area (Å²) in [6, 6.07) is 51.6. The molecule has 0 fully saturated rings. The van der Waals surface area contributed by atoms with E-state index >= 15 is 0 Å². The molecule has 0 amide bonds. The van der Waals surface area contributed by atoms with Crippen molar-refractivity contribution in [2.75, 3.05) is 0 Å². The second-order valence-electron chi connectivity index (χ2n) is 11.7. The summed E-state index contributed by atoms with van der Waals surface area (Å²) >= 11 is 0. The van der Waals surface area contributed by atoms with Crippen LogP contribution in [-0.2, 0) is 0 Å². The van der Waals surface area contributed by atoms with Gasteiger partial charge in [-0.2, -0.15) is 0 Å². The van der Waals surface area contributed by atoms with Crippen LogP contribution in [0.25, 0.3) is 78.2 Å². The van der Waals surface area contributed by atoms with Gasteiger partial charge >= 0.3 is 0 Å². The van der Waals surface area contributed by atoms with E-state index in [1.54, 1.807) is 6.20 Å². The van der Waals surface area contributed by atoms with E-state index in [0.29, 0.717) is 11.5 Å². The van der Waals surface area contributed by atoms with Gasteiger partial charge in [0, 0.05) is 11.9 Å². The van der Waals surface area contributed by atoms with Crippen LogP contribution in [0.3, 0.4) is 0 Å². The van der Waals surface area contributed by atoms with Gasteiger partial charge in [0.1, 0.15) is 11.4 Å². The Morgan fingerprint density at radius 3 is 1.77 bits per heavy atom. The topological polar surface area (TPSA) is 30.7 Å². The molecule has 0 atom stereocenters. The number of hydrogen-bond donors (Lipinski definition) is 0. The summed E-state index contributed by atoms with van der Waals surface area (Å²) in [5, 5.41) is 4.95. The van der Waals surface area contributed by atoms with E-state index in [1.807, 2.05) is 37.3 Å². The summed E-state index contributed by atoms with van der Waals surface area (Å²) in [5.74, 6) is 3.48. The zero-order valence-electron chi connectivity index (χ0n) is 26.5. The van der Waals surface area contributed by atoms with Crippen molar-refractivity contribution in [1.82, 2.24) is 14.5 Å². The van der Waals surface area contributed by atoms with E-state index in [-0.39, 0.29) is 0 Å². The van der Waals surface area contributed by atoms with Crippen molar-refractivity contribution in [3.05, 3.63) is 169 Å². The zero-order chi connectivity index (χ0) is 32.5. The summed E-state index contributed by atoms with van der Waals surface area (Å²) in [4.78, 5) is 9.40. The summed E-state index contributed by atoms with van der Waals surface area (Å²) in [7, 11) is 0. The van der Waals surface area contributed by atoms with Crippen molar-refractivity contribution in [2.45, 2.75) is 6.92 Å². The van der Waals surface area contributed by atoms with Crippen molar-refractivity contribution < 1.29 is 0 Å². The summed E-state index contributed by atoms with van der Waals surface area (Å²) in [6.45, 7) is 1.98. The molecule has 48 heavy (non-hydrogen) atoms. The molecular weight excluding hydrogens is 583 g/mol. The monoisotopic (exact) mass is 613 g/mol. The maximum Gasteiger partial charge on any atom is 0.165 e. The van der Waals surface area contributed by atoms with Gasteiger partial charge in [0.25, 0.3) is 0 Å². The van der Waals surface area contributed by atoms with Crippen molar-refractivity contribution >= 4 is 27.6 Å². The number of hydrogen-bond acceptors (Lipinski definition) is 2. The van der Waals surface area contributed by atoms with Crippen LogP contribution in [0.15, 0.2) is 158 Å². The third-order valence-electron chi connectivity index (χ3n) is 8.88. The molecule has 6 aromatic carbocycles. The Morgan fingerprint density at radius 1 is 0.583 bits per heavy atom. The van der Waals surface area contributed by atoms with Gasteiger partial charge in [-0.3, -0.25) is 9.55 Å². The fourth-order valence-corrected chi connectivity index (χ4v) is 6.77. The smallest absolute Gasteiger partial charge is 0.165 e. The highest BCUT2D eigenvalue weighted by Crippen LogP contribution is 2.44. The summed E-state index contributed by atoms with van der Waals surface area (Å²) in [6.07, 6.45) is 11.7. The Kier molecular flexibility index (Phi) is 7.45. The number of nitrogens with zero attached hydrogens (tertiary/aromatic N) is 3. The number of allylic oxidation sites excluding steroid dienone is 1. The molecule has 0 N–H and O–H groups in total. The highest BCUT2D eigenvalue weighted by molar-refractivity contribution is 6.21. The third kappa shape index (κ3) is 4.97. The van der Waals surface area contributed by atoms with E-state index in [1.165, 1.54) is 43.8 Å². The minimum absolute atomic E-state index is 0.585. The fourth-order valence-electron chi connectivity index (χ4n) is 6.77. The van der Waals surface area contributed by atoms with Crippen molar-refractivity contribution in [3.8, 4) is 62.9 Å². The lowest BCUT2D eigenvalue weighted by Gasteiger charge is -2.19. The van der Waals surface area contributed by atoms with Crippen molar-refractivity contribution in [1.29, 1.82) is 0 Å². The lowest BCUT2D eigenvalue weighted by atomic mass is 9.85. The van der Waals surface area contributed by atoms with Gasteiger partial charge in [-0.25, -0.2) is 4.98 Å². The predicted octanol–water partition coefficient (Wildman–Crippen LogP) is 11.3. The molecular formula is C45H31N3. The molecule has 8 rings (SSSR count). The van der Waals surface area contributed by atoms with E-state index < -0.39 is 0 Å². The van der Waals surface area contributed by atoms with E-state index in [9.17, 15) is 0 Å². The van der Waals surface area contributed by atoms with Crippen LogP contribution in [0.2, 0.25) is 0 Å². The van der Waals surface area contributed by atoms with Crippen LogP contribution >= 0.6 is 0 Å². The number of imidazole rings is 1. The first-order valence-electron chi connectivity index (χ1n) is 16.1. The minimum atomic E-state index is 0.585. The molecule has 2 heterocycles. The first-order chi connectivity index (χ1) is 23.7. The SMILES string of the molecule is C#Cc1nc(-c2ccccn2)n(-c2ccc(-c3ccc4c(-c5ccccc5)c5ccccc5c(-c5ccccc5)c4c3)cc2)c1/C=C\C. The van der Waals surface area contributed by atoms with Crippen LogP contribution in [0, 0.1) is 12.3 Å². The normalized spacial score (nSPS) is 11.3. The number of terminal acetylenes is 1. The van der Waals surface area contributed by atoms with Crippen molar-refractivity contribution in [3.63, 3.8) is 0 Å². The Morgan fingerprint density at radius 2 is 1.17 bits per heavy atom. The Hall–Kier alpha value is -6.50. The van der Waals surface area contributed by atoms with E-state index in [2.05, 4.69) is 143 Å². The molecule has 0 saturated carbocycles. The molecule has 0 aliphatic carbocycles. The molecule has 0 radical (unpaired) electrons. The fraction of sp³-hybridized carbons (Fsp3) is 0.0222. The maximum atomic E-state index is 5.92. The van der Waals surface area contributed by atoms with Gasteiger partial charge < -0.3 is 0 Å². The molecule has 0 saturated heterocycles. The first-order valence-corrected chi connectivity index (χ1v) is 16.1. The van der Waals surface area contributed by atoms with Crippen LogP contribution in [0.5, 0.6) is 0 Å². The van der Waals surface area contributed by atoms with Gasteiger partial charge in [-0.1, -0.05) is 121 Å². The summed E-state index contributed by atoms with van der Waals surface area (Å²) < 4.78 is 2.09. The average molecular weight is 614 g/mol. The number of aromatic nitrogens is 3. The molecule has 3 heteroatoms. The van der Waals surface area contributed by atoms with Gasteiger partial charge in [0.2, 0.25) is 0 Å². The van der Waals surface area contributed by atoms with Crippen LogP contribution < -0.4 is 0 Å².